The van der Waals surface area contributed by atoms with Gasteiger partial charge in [0.15, 0.2) is 11.5 Å². The van der Waals surface area contributed by atoms with Crippen molar-refractivity contribution in [1.29, 1.82) is 0 Å². The molecule has 0 aromatic heterocycles. The van der Waals surface area contributed by atoms with Gasteiger partial charge in [0.05, 0.1) is 13.7 Å². The highest BCUT2D eigenvalue weighted by atomic mass is 16.5. The van der Waals surface area contributed by atoms with Gasteiger partial charge in [0.25, 0.3) is 5.91 Å². The van der Waals surface area contributed by atoms with E-state index in [4.69, 9.17) is 9.47 Å². The van der Waals surface area contributed by atoms with Crippen LogP contribution >= 0.6 is 0 Å². The standard InChI is InChI=1S/C22H28N2O3/c1-3-4-16-27-20-11-10-18(17-21(20)26-2)22(25)24-14-12-23(13-15-24)19-8-6-5-7-9-19/h5-11,17H,3-4,12-16H2,1-2H3. The second-order valence-corrected chi connectivity index (χ2v) is 6.68. The van der Waals surface area contributed by atoms with Crippen LogP contribution < -0.4 is 14.4 Å². The van der Waals surface area contributed by atoms with Crippen molar-refractivity contribution < 1.29 is 14.3 Å². The van der Waals surface area contributed by atoms with Gasteiger partial charge in [-0.05, 0) is 36.8 Å². The van der Waals surface area contributed by atoms with E-state index in [0.717, 1.165) is 25.9 Å². The predicted octanol–water partition coefficient (Wildman–Crippen LogP) is 3.84. The second-order valence-electron chi connectivity index (χ2n) is 6.68. The molecule has 3 rings (SSSR count). The van der Waals surface area contributed by atoms with Gasteiger partial charge in [0, 0.05) is 37.4 Å². The van der Waals surface area contributed by atoms with Crippen molar-refractivity contribution >= 4 is 11.6 Å². The molecular weight excluding hydrogens is 340 g/mol. The van der Waals surface area contributed by atoms with Crippen LogP contribution in [-0.2, 0) is 0 Å². The SMILES string of the molecule is CCCCOc1ccc(C(=O)N2CCN(c3ccccc3)CC2)cc1OC. The van der Waals surface area contributed by atoms with Crippen LogP contribution in [0, 0.1) is 0 Å². The zero-order valence-corrected chi connectivity index (χ0v) is 16.2. The van der Waals surface area contributed by atoms with E-state index in [1.807, 2.05) is 35.2 Å². The number of anilines is 1. The van der Waals surface area contributed by atoms with Crippen LogP contribution in [0.2, 0.25) is 0 Å². The third-order valence-electron chi connectivity index (χ3n) is 4.85. The summed E-state index contributed by atoms with van der Waals surface area (Å²) in [6, 6.07) is 15.8. The first-order chi connectivity index (χ1) is 13.2. The number of hydrogen-bond donors (Lipinski definition) is 0. The number of piperazine rings is 1. The van der Waals surface area contributed by atoms with Crippen LogP contribution in [0.3, 0.4) is 0 Å². The van der Waals surface area contributed by atoms with Gasteiger partial charge in [-0.3, -0.25) is 4.79 Å². The third-order valence-corrected chi connectivity index (χ3v) is 4.85. The zero-order chi connectivity index (χ0) is 19.1. The summed E-state index contributed by atoms with van der Waals surface area (Å²) in [4.78, 5) is 17.1. The normalized spacial score (nSPS) is 14.1. The topological polar surface area (TPSA) is 42.0 Å². The van der Waals surface area contributed by atoms with Gasteiger partial charge in [-0.1, -0.05) is 31.5 Å². The first-order valence-corrected chi connectivity index (χ1v) is 9.63. The first-order valence-electron chi connectivity index (χ1n) is 9.63. The molecule has 1 fully saturated rings. The van der Waals surface area contributed by atoms with E-state index in [1.54, 1.807) is 13.2 Å². The highest BCUT2D eigenvalue weighted by Gasteiger charge is 2.23. The summed E-state index contributed by atoms with van der Waals surface area (Å²) in [7, 11) is 1.61. The van der Waals surface area contributed by atoms with Gasteiger partial charge in [-0.15, -0.1) is 0 Å². The lowest BCUT2D eigenvalue weighted by atomic mass is 10.1. The van der Waals surface area contributed by atoms with Crippen LogP contribution in [0.15, 0.2) is 48.5 Å². The highest BCUT2D eigenvalue weighted by molar-refractivity contribution is 5.95. The molecule has 2 aromatic carbocycles. The van der Waals surface area contributed by atoms with Gasteiger partial charge < -0.3 is 19.3 Å². The Morgan fingerprint density at radius 3 is 2.41 bits per heavy atom. The van der Waals surface area contributed by atoms with E-state index < -0.39 is 0 Å². The monoisotopic (exact) mass is 368 g/mol. The molecule has 1 saturated heterocycles. The summed E-state index contributed by atoms with van der Waals surface area (Å²) >= 11 is 0. The Morgan fingerprint density at radius 2 is 1.74 bits per heavy atom. The maximum atomic E-state index is 12.9. The maximum absolute atomic E-state index is 12.9. The van der Waals surface area contributed by atoms with Crippen LogP contribution in [-0.4, -0.2) is 50.7 Å². The van der Waals surface area contributed by atoms with Crippen molar-refractivity contribution in [1.82, 2.24) is 4.90 Å². The van der Waals surface area contributed by atoms with Gasteiger partial charge >= 0.3 is 0 Å². The number of hydrogen-bond acceptors (Lipinski definition) is 4. The fraction of sp³-hybridized carbons (Fsp3) is 0.409. The van der Waals surface area contributed by atoms with Crippen LogP contribution in [0.1, 0.15) is 30.1 Å². The Morgan fingerprint density at radius 1 is 1.00 bits per heavy atom. The minimum atomic E-state index is 0.0427. The molecule has 0 bridgehead atoms. The molecule has 1 aliphatic rings. The summed E-state index contributed by atoms with van der Waals surface area (Å²) in [5.74, 6) is 1.34. The number of para-hydroxylation sites is 1. The van der Waals surface area contributed by atoms with Gasteiger partial charge in [0.2, 0.25) is 0 Å². The molecule has 1 heterocycles. The van der Waals surface area contributed by atoms with Crippen molar-refractivity contribution in [3.8, 4) is 11.5 Å². The number of carbonyl (C=O) groups excluding carboxylic acids is 1. The number of amides is 1. The van der Waals surface area contributed by atoms with Crippen LogP contribution in [0.25, 0.3) is 0 Å². The lowest BCUT2D eigenvalue weighted by molar-refractivity contribution is 0.0746. The van der Waals surface area contributed by atoms with E-state index in [-0.39, 0.29) is 5.91 Å². The Bertz CT molecular complexity index is 740. The average Bonchev–Trinajstić information content (AvgIpc) is 2.74. The van der Waals surface area contributed by atoms with E-state index >= 15 is 0 Å². The summed E-state index contributed by atoms with van der Waals surface area (Å²) in [5, 5.41) is 0. The van der Waals surface area contributed by atoms with Crippen LogP contribution in [0.4, 0.5) is 5.69 Å². The number of carbonyl (C=O) groups is 1. The Labute approximate surface area is 161 Å². The maximum Gasteiger partial charge on any atom is 0.254 e. The molecule has 0 radical (unpaired) electrons. The smallest absolute Gasteiger partial charge is 0.254 e. The van der Waals surface area contributed by atoms with Crippen molar-refractivity contribution in [2.45, 2.75) is 19.8 Å². The predicted molar refractivity (Wildman–Crippen MR) is 108 cm³/mol. The molecule has 5 nitrogen and oxygen atoms in total. The molecule has 0 spiro atoms. The second kappa shape index (κ2) is 9.31. The molecule has 144 valence electrons. The molecule has 1 aliphatic heterocycles. The lowest BCUT2D eigenvalue weighted by Crippen LogP contribution is -2.48. The van der Waals surface area contributed by atoms with Gasteiger partial charge in [0.1, 0.15) is 0 Å². The van der Waals surface area contributed by atoms with E-state index in [9.17, 15) is 4.79 Å². The third kappa shape index (κ3) is 4.73. The fourth-order valence-electron chi connectivity index (χ4n) is 3.24. The van der Waals surface area contributed by atoms with Crippen molar-refractivity contribution in [2.75, 3.05) is 44.8 Å². The minimum Gasteiger partial charge on any atom is -0.493 e. The Balaban J connectivity index is 1.62. The zero-order valence-electron chi connectivity index (χ0n) is 16.2. The number of unbranched alkanes of at least 4 members (excludes halogenated alkanes) is 1. The number of ether oxygens (including phenoxy) is 2. The molecular formula is C22H28N2O3. The molecule has 27 heavy (non-hydrogen) atoms. The Kier molecular flexibility index (Phi) is 6.58. The number of rotatable bonds is 7. The number of methoxy groups -OCH3 is 1. The van der Waals surface area contributed by atoms with Gasteiger partial charge in [-0.2, -0.15) is 0 Å². The molecule has 1 amide bonds. The van der Waals surface area contributed by atoms with E-state index in [1.165, 1.54) is 5.69 Å². The van der Waals surface area contributed by atoms with E-state index in [2.05, 4.69) is 24.0 Å². The van der Waals surface area contributed by atoms with Gasteiger partial charge in [-0.25, -0.2) is 0 Å². The quantitative estimate of drug-likeness (QED) is 0.697. The highest BCUT2D eigenvalue weighted by Crippen LogP contribution is 2.29. The molecule has 0 aliphatic carbocycles. The Hall–Kier alpha value is -2.69. The summed E-state index contributed by atoms with van der Waals surface area (Å²) in [6.07, 6.45) is 2.07. The minimum absolute atomic E-state index is 0.0427. The molecule has 2 aromatic rings. The first kappa shape index (κ1) is 19.1. The summed E-state index contributed by atoms with van der Waals surface area (Å²) < 4.78 is 11.2. The molecule has 0 unspecified atom stereocenters. The average molecular weight is 368 g/mol. The lowest BCUT2D eigenvalue weighted by Gasteiger charge is -2.36. The summed E-state index contributed by atoms with van der Waals surface area (Å²) in [5.41, 5.74) is 1.85. The number of benzene rings is 2. The molecule has 0 atom stereocenters. The largest absolute Gasteiger partial charge is 0.493 e. The summed E-state index contributed by atoms with van der Waals surface area (Å²) in [6.45, 7) is 5.88. The molecule has 0 saturated carbocycles. The number of nitrogens with zero attached hydrogens (tertiary/aromatic N) is 2. The molecule has 0 N–H and O–H groups in total. The molecule has 5 heteroatoms. The van der Waals surface area contributed by atoms with Crippen molar-refractivity contribution in [2.24, 2.45) is 0 Å². The van der Waals surface area contributed by atoms with E-state index in [0.29, 0.717) is 36.8 Å². The fourth-order valence-corrected chi connectivity index (χ4v) is 3.24. The van der Waals surface area contributed by atoms with Crippen LogP contribution in [0.5, 0.6) is 11.5 Å². The van der Waals surface area contributed by atoms with Crippen molar-refractivity contribution in [3.63, 3.8) is 0 Å². The van der Waals surface area contributed by atoms with Crippen molar-refractivity contribution in [3.05, 3.63) is 54.1 Å².